The molecule has 5 heteroatoms. The molecule has 104 valence electrons. The van der Waals surface area contributed by atoms with Crippen LogP contribution in [0.3, 0.4) is 0 Å². The van der Waals surface area contributed by atoms with Gasteiger partial charge in [0.1, 0.15) is 5.75 Å². The first-order valence-electron chi connectivity index (χ1n) is 6.66. The Hall–Kier alpha value is -1.78. The molecule has 1 aromatic carbocycles. The molecule has 0 amide bonds. The molecule has 1 aliphatic rings. The number of nitrogens with one attached hydrogen (secondary N) is 1. The first-order valence-corrected chi connectivity index (χ1v) is 6.66. The summed E-state index contributed by atoms with van der Waals surface area (Å²) in [5.74, 6) is 1.28. The Balaban J connectivity index is 2.16. The van der Waals surface area contributed by atoms with E-state index in [9.17, 15) is 10.1 Å². The van der Waals surface area contributed by atoms with Gasteiger partial charge in [-0.15, -0.1) is 0 Å². The molecule has 0 bridgehead atoms. The molecular formula is C14H20N2O3. The highest BCUT2D eigenvalue weighted by Gasteiger charge is 2.25. The van der Waals surface area contributed by atoms with Crippen molar-refractivity contribution in [2.75, 3.05) is 5.32 Å². The minimum absolute atomic E-state index is 0.00132. The van der Waals surface area contributed by atoms with E-state index >= 15 is 0 Å². The lowest BCUT2D eigenvalue weighted by atomic mass is 9.82. The predicted molar refractivity (Wildman–Crippen MR) is 74.7 cm³/mol. The van der Waals surface area contributed by atoms with Crippen LogP contribution in [0.25, 0.3) is 0 Å². The van der Waals surface area contributed by atoms with Crippen LogP contribution in [0.1, 0.15) is 33.6 Å². The van der Waals surface area contributed by atoms with Gasteiger partial charge in [-0.05, 0) is 32.6 Å². The molecule has 0 atom stereocenters. The summed E-state index contributed by atoms with van der Waals surface area (Å²) in [6.07, 6.45) is 2.23. The van der Waals surface area contributed by atoms with Gasteiger partial charge in [0.25, 0.3) is 5.69 Å². The normalized spacial score (nSPS) is 21.9. The largest absolute Gasteiger partial charge is 0.491 e. The summed E-state index contributed by atoms with van der Waals surface area (Å²) in [4.78, 5) is 10.5. The van der Waals surface area contributed by atoms with E-state index in [0.29, 0.717) is 11.8 Å². The molecule has 1 aromatic rings. The van der Waals surface area contributed by atoms with E-state index in [0.717, 1.165) is 24.4 Å². The Morgan fingerprint density at radius 1 is 1.37 bits per heavy atom. The molecule has 19 heavy (non-hydrogen) atoms. The molecule has 1 N–H and O–H groups in total. The van der Waals surface area contributed by atoms with Crippen LogP contribution >= 0.6 is 0 Å². The fourth-order valence-corrected chi connectivity index (χ4v) is 2.37. The summed E-state index contributed by atoms with van der Waals surface area (Å²) < 4.78 is 5.56. The Bertz CT molecular complexity index is 468. The summed E-state index contributed by atoms with van der Waals surface area (Å²) in [7, 11) is 0. The molecule has 1 fully saturated rings. The number of nitro benzene ring substituents is 1. The van der Waals surface area contributed by atoms with Crippen molar-refractivity contribution in [3.63, 3.8) is 0 Å². The van der Waals surface area contributed by atoms with E-state index in [4.69, 9.17) is 4.74 Å². The highest BCUT2D eigenvalue weighted by molar-refractivity contribution is 5.57. The third kappa shape index (κ3) is 3.59. The Morgan fingerprint density at radius 3 is 2.58 bits per heavy atom. The van der Waals surface area contributed by atoms with Gasteiger partial charge in [0.2, 0.25) is 0 Å². The molecular weight excluding hydrogens is 244 g/mol. The molecule has 0 spiro atoms. The van der Waals surface area contributed by atoms with Gasteiger partial charge in [0.05, 0.1) is 17.1 Å². The van der Waals surface area contributed by atoms with E-state index < -0.39 is 0 Å². The number of nitrogens with zero attached hydrogens (tertiary/aromatic N) is 1. The monoisotopic (exact) mass is 264 g/mol. The quantitative estimate of drug-likeness (QED) is 0.652. The fraction of sp³-hybridized carbons (Fsp3) is 0.571. The number of anilines is 1. The number of non-ortho nitro benzene ring substituents is 1. The minimum Gasteiger partial charge on any atom is -0.491 e. The average molecular weight is 264 g/mol. The molecule has 1 aliphatic carbocycles. The number of hydrogen-bond acceptors (Lipinski definition) is 4. The van der Waals surface area contributed by atoms with Crippen LogP contribution in [0.15, 0.2) is 18.2 Å². The van der Waals surface area contributed by atoms with Gasteiger partial charge in [0, 0.05) is 23.9 Å². The van der Waals surface area contributed by atoms with Crippen molar-refractivity contribution in [3.8, 4) is 5.75 Å². The standard InChI is InChI=1S/C14H20N2O3/c1-9(2)19-14-7-12(6-13(8-14)16(17)18)15-11-4-10(3)5-11/h6-11,15H,4-5H2,1-3H3. The second-order valence-electron chi connectivity index (χ2n) is 5.56. The number of ether oxygens (including phenoxy) is 1. The van der Waals surface area contributed by atoms with Gasteiger partial charge in [-0.25, -0.2) is 0 Å². The molecule has 2 rings (SSSR count). The molecule has 0 aliphatic heterocycles. The van der Waals surface area contributed by atoms with Crippen LogP contribution in [-0.4, -0.2) is 17.1 Å². The lowest BCUT2D eigenvalue weighted by molar-refractivity contribution is -0.384. The van der Waals surface area contributed by atoms with Crippen LogP contribution in [0.4, 0.5) is 11.4 Å². The van der Waals surface area contributed by atoms with Crippen LogP contribution in [-0.2, 0) is 0 Å². The van der Waals surface area contributed by atoms with Crippen molar-refractivity contribution in [1.29, 1.82) is 0 Å². The number of rotatable bonds is 5. The van der Waals surface area contributed by atoms with Gasteiger partial charge in [0.15, 0.2) is 0 Å². The second-order valence-corrected chi connectivity index (χ2v) is 5.56. The van der Waals surface area contributed by atoms with E-state index in [-0.39, 0.29) is 16.7 Å². The molecule has 0 radical (unpaired) electrons. The van der Waals surface area contributed by atoms with Gasteiger partial charge in [-0.2, -0.15) is 0 Å². The second kappa shape index (κ2) is 5.47. The highest BCUT2D eigenvalue weighted by atomic mass is 16.6. The molecule has 5 nitrogen and oxygen atoms in total. The van der Waals surface area contributed by atoms with Gasteiger partial charge >= 0.3 is 0 Å². The Labute approximate surface area is 113 Å². The van der Waals surface area contributed by atoms with Crippen molar-refractivity contribution in [2.24, 2.45) is 5.92 Å². The fourth-order valence-electron chi connectivity index (χ4n) is 2.37. The van der Waals surface area contributed by atoms with Crippen LogP contribution < -0.4 is 10.1 Å². The van der Waals surface area contributed by atoms with Crippen molar-refractivity contribution in [3.05, 3.63) is 28.3 Å². The third-order valence-electron chi connectivity index (χ3n) is 3.22. The van der Waals surface area contributed by atoms with Crippen molar-refractivity contribution >= 4 is 11.4 Å². The van der Waals surface area contributed by atoms with Crippen LogP contribution in [0.2, 0.25) is 0 Å². The molecule has 1 saturated carbocycles. The lowest BCUT2D eigenvalue weighted by Gasteiger charge is -2.34. The lowest BCUT2D eigenvalue weighted by Crippen LogP contribution is -2.33. The molecule has 0 heterocycles. The maximum absolute atomic E-state index is 10.9. The zero-order valence-corrected chi connectivity index (χ0v) is 11.6. The maximum Gasteiger partial charge on any atom is 0.275 e. The Kier molecular flexibility index (Phi) is 3.93. The zero-order valence-electron chi connectivity index (χ0n) is 11.6. The molecule has 0 aromatic heterocycles. The summed E-state index contributed by atoms with van der Waals surface area (Å²) >= 11 is 0. The van der Waals surface area contributed by atoms with Gasteiger partial charge in [-0.1, -0.05) is 6.92 Å². The SMILES string of the molecule is CC1CC(Nc2cc(OC(C)C)cc([N+](=O)[O-])c2)C1. The van der Waals surface area contributed by atoms with Crippen molar-refractivity contribution in [1.82, 2.24) is 0 Å². The highest BCUT2D eigenvalue weighted by Crippen LogP contribution is 2.32. The van der Waals surface area contributed by atoms with Gasteiger partial charge in [-0.3, -0.25) is 10.1 Å². The van der Waals surface area contributed by atoms with E-state index in [1.807, 2.05) is 19.9 Å². The van der Waals surface area contributed by atoms with Crippen LogP contribution in [0.5, 0.6) is 5.75 Å². The number of hydrogen-bond donors (Lipinski definition) is 1. The molecule has 0 unspecified atom stereocenters. The summed E-state index contributed by atoms with van der Waals surface area (Å²) in [6.45, 7) is 6.01. The Morgan fingerprint density at radius 2 is 2.05 bits per heavy atom. The van der Waals surface area contributed by atoms with Gasteiger partial charge < -0.3 is 10.1 Å². The smallest absolute Gasteiger partial charge is 0.275 e. The van der Waals surface area contributed by atoms with E-state index in [2.05, 4.69) is 12.2 Å². The predicted octanol–water partition coefficient (Wildman–Crippen LogP) is 3.59. The van der Waals surface area contributed by atoms with E-state index in [1.165, 1.54) is 6.07 Å². The third-order valence-corrected chi connectivity index (χ3v) is 3.22. The first-order chi connectivity index (χ1) is 8.94. The number of nitro groups is 1. The summed E-state index contributed by atoms with van der Waals surface area (Å²) in [5, 5.41) is 14.3. The topological polar surface area (TPSA) is 64.4 Å². The van der Waals surface area contributed by atoms with E-state index in [1.54, 1.807) is 6.07 Å². The van der Waals surface area contributed by atoms with Crippen molar-refractivity contribution in [2.45, 2.75) is 45.8 Å². The minimum atomic E-state index is -0.387. The van der Waals surface area contributed by atoms with Crippen LogP contribution in [0, 0.1) is 16.0 Å². The first kappa shape index (κ1) is 13.6. The zero-order chi connectivity index (χ0) is 14.0. The summed E-state index contributed by atoms with van der Waals surface area (Å²) in [6, 6.07) is 5.28. The molecule has 0 saturated heterocycles. The summed E-state index contributed by atoms with van der Waals surface area (Å²) in [5.41, 5.74) is 0.828. The average Bonchev–Trinajstić information content (AvgIpc) is 2.25. The van der Waals surface area contributed by atoms with Crippen molar-refractivity contribution < 1.29 is 9.66 Å². The number of benzene rings is 1. The maximum atomic E-state index is 10.9.